The number of carbonyl (C=O) groups is 1. The van der Waals surface area contributed by atoms with Crippen molar-refractivity contribution in [1.29, 1.82) is 0 Å². The van der Waals surface area contributed by atoms with Crippen LogP contribution in [-0.2, 0) is 11.8 Å². The zero-order valence-electron chi connectivity index (χ0n) is 19.0. The minimum atomic E-state index is -0.525. The molecule has 2 aromatic heterocycles. The minimum absolute atomic E-state index is 0.198. The Balaban J connectivity index is 1.77. The molecule has 0 saturated heterocycles. The van der Waals surface area contributed by atoms with Gasteiger partial charge in [0, 0.05) is 12.1 Å². The Labute approximate surface area is 200 Å². The van der Waals surface area contributed by atoms with Crippen LogP contribution in [0, 0.1) is 20.8 Å². The van der Waals surface area contributed by atoms with E-state index in [1.807, 2.05) is 52.1 Å². The van der Waals surface area contributed by atoms with Crippen LogP contribution in [0.15, 0.2) is 52.4 Å². The van der Waals surface area contributed by atoms with Gasteiger partial charge in [-0.25, -0.2) is 4.98 Å². The number of anilines is 1. The van der Waals surface area contributed by atoms with Gasteiger partial charge in [-0.3, -0.25) is 18.8 Å². The van der Waals surface area contributed by atoms with Gasteiger partial charge in [-0.05, 0) is 57.5 Å². The smallest absolute Gasteiger partial charge is 0.266 e. The maximum absolute atomic E-state index is 13.5. The summed E-state index contributed by atoms with van der Waals surface area (Å²) < 4.78 is 3.30. The van der Waals surface area contributed by atoms with Crippen LogP contribution in [-0.4, -0.2) is 30.5 Å². The molecule has 0 spiro atoms. The molecule has 1 N–H and O–H groups in total. The second kappa shape index (κ2) is 9.03. The van der Waals surface area contributed by atoms with Gasteiger partial charge in [0.05, 0.1) is 38.9 Å². The van der Waals surface area contributed by atoms with Crippen molar-refractivity contribution in [1.82, 2.24) is 19.3 Å². The van der Waals surface area contributed by atoms with Crippen molar-refractivity contribution in [2.24, 2.45) is 7.05 Å². The summed E-state index contributed by atoms with van der Waals surface area (Å²) in [6.07, 6.45) is 0. The van der Waals surface area contributed by atoms with E-state index >= 15 is 0 Å². The van der Waals surface area contributed by atoms with E-state index in [0.717, 1.165) is 22.6 Å². The second-order valence-electron chi connectivity index (χ2n) is 7.90. The zero-order chi connectivity index (χ0) is 23.9. The highest BCUT2D eigenvalue weighted by atomic mass is 35.5. The van der Waals surface area contributed by atoms with Crippen molar-refractivity contribution in [2.75, 3.05) is 5.32 Å². The third-order valence-corrected chi connectivity index (χ3v) is 6.85. The van der Waals surface area contributed by atoms with E-state index in [1.165, 1.54) is 11.8 Å². The topological polar surface area (TPSA) is 81.8 Å². The molecular formula is C24H24ClN5O2S. The number of benzene rings is 2. The number of hydrogen-bond acceptors (Lipinski definition) is 5. The molecule has 170 valence electrons. The van der Waals surface area contributed by atoms with Crippen molar-refractivity contribution in [3.05, 3.63) is 74.8 Å². The summed E-state index contributed by atoms with van der Waals surface area (Å²) >= 11 is 7.38. The number of nitrogens with zero attached hydrogens (tertiary/aromatic N) is 4. The Morgan fingerprint density at radius 3 is 2.55 bits per heavy atom. The van der Waals surface area contributed by atoms with Gasteiger partial charge < -0.3 is 5.32 Å². The van der Waals surface area contributed by atoms with Crippen LogP contribution >= 0.6 is 23.4 Å². The number of thioether (sulfide) groups is 1. The standard InChI is InChI=1S/C24H24ClN5O2S/c1-13-8-6-7-9-20(13)30-23(32)18-11-10-17(25)12-19(18)26-24(30)33-16(4)22(31)27-21-14(2)28-29(5)15(21)3/h6-12,16H,1-5H3,(H,27,31). The Hall–Kier alpha value is -3.10. The van der Waals surface area contributed by atoms with Crippen molar-refractivity contribution in [3.8, 4) is 5.69 Å². The summed E-state index contributed by atoms with van der Waals surface area (Å²) in [6, 6.07) is 12.6. The summed E-state index contributed by atoms with van der Waals surface area (Å²) in [6.45, 7) is 7.48. The Bertz CT molecular complexity index is 1440. The van der Waals surface area contributed by atoms with Crippen molar-refractivity contribution >= 4 is 45.9 Å². The fourth-order valence-electron chi connectivity index (χ4n) is 3.64. The fourth-order valence-corrected chi connectivity index (χ4v) is 4.72. The predicted octanol–water partition coefficient (Wildman–Crippen LogP) is 4.82. The van der Waals surface area contributed by atoms with Gasteiger partial charge in [0.2, 0.25) is 5.91 Å². The lowest BCUT2D eigenvalue weighted by molar-refractivity contribution is -0.115. The molecule has 0 saturated carbocycles. The number of fused-ring (bicyclic) bond motifs is 1. The first kappa shape index (κ1) is 23.1. The lowest BCUT2D eigenvalue weighted by Gasteiger charge is -2.18. The Kier molecular flexibility index (Phi) is 6.32. The number of aromatic nitrogens is 4. The highest BCUT2D eigenvalue weighted by Gasteiger charge is 2.23. The van der Waals surface area contributed by atoms with E-state index < -0.39 is 5.25 Å². The van der Waals surface area contributed by atoms with Crippen LogP contribution in [0.25, 0.3) is 16.6 Å². The van der Waals surface area contributed by atoms with Gasteiger partial charge in [-0.2, -0.15) is 5.10 Å². The van der Waals surface area contributed by atoms with Crippen LogP contribution in [0.2, 0.25) is 5.02 Å². The Morgan fingerprint density at radius 2 is 1.88 bits per heavy atom. The van der Waals surface area contributed by atoms with Crippen molar-refractivity contribution in [3.63, 3.8) is 0 Å². The summed E-state index contributed by atoms with van der Waals surface area (Å²) in [5, 5.41) is 8.17. The average molecular weight is 482 g/mol. The Morgan fingerprint density at radius 1 is 1.15 bits per heavy atom. The van der Waals surface area contributed by atoms with Gasteiger partial charge in [0.25, 0.3) is 5.56 Å². The molecule has 0 aliphatic carbocycles. The molecule has 9 heteroatoms. The number of para-hydroxylation sites is 1. The van der Waals surface area contributed by atoms with Gasteiger partial charge in [0.1, 0.15) is 0 Å². The fraction of sp³-hybridized carbons (Fsp3) is 0.250. The summed E-state index contributed by atoms with van der Waals surface area (Å²) in [5.41, 5.74) is 4.25. The first-order chi connectivity index (χ1) is 15.7. The first-order valence-electron chi connectivity index (χ1n) is 10.4. The third-order valence-electron chi connectivity index (χ3n) is 5.57. The normalized spacial score (nSPS) is 12.2. The number of rotatable bonds is 5. The van der Waals surface area contributed by atoms with E-state index in [-0.39, 0.29) is 11.5 Å². The molecule has 7 nitrogen and oxygen atoms in total. The van der Waals surface area contributed by atoms with Crippen LogP contribution in [0.4, 0.5) is 5.69 Å². The molecule has 0 bridgehead atoms. The van der Waals surface area contributed by atoms with Crippen LogP contribution in [0.5, 0.6) is 0 Å². The number of nitrogens with one attached hydrogen (secondary N) is 1. The largest absolute Gasteiger partial charge is 0.322 e. The number of hydrogen-bond donors (Lipinski definition) is 1. The average Bonchev–Trinajstić information content (AvgIpc) is 3.00. The molecule has 2 aromatic carbocycles. The molecule has 0 aliphatic rings. The molecule has 4 rings (SSSR count). The number of carbonyl (C=O) groups excluding carboxylic acids is 1. The molecule has 0 aliphatic heterocycles. The molecule has 1 atom stereocenters. The predicted molar refractivity (Wildman–Crippen MR) is 134 cm³/mol. The maximum atomic E-state index is 13.5. The van der Waals surface area contributed by atoms with E-state index in [1.54, 1.807) is 34.4 Å². The summed E-state index contributed by atoms with van der Waals surface area (Å²) in [7, 11) is 1.83. The summed E-state index contributed by atoms with van der Waals surface area (Å²) in [5.74, 6) is -0.198. The molecule has 0 radical (unpaired) electrons. The SMILES string of the molecule is Cc1ccccc1-n1c(SC(C)C(=O)Nc2c(C)nn(C)c2C)nc2cc(Cl)ccc2c1=O. The molecule has 0 fully saturated rings. The quantitative estimate of drug-likeness (QED) is 0.326. The van der Waals surface area contributed by atoms with Gasteiger partial charge in [-0.15, -0.1) is 0 Å². The molecular weight excluding hydrogens is 458 g/mol. The van der Waals surface area contributed by atoms with Crippen molar-refractivity contribution in [2.45, 2.75) is 38.1 Å². The molecule has 1 amide bonds. The lowest BCUT2D eigenvalue weighted by atomic mass is 10.2. The van der Waals surface area contributed by atoms with E-state index in [4.69, 9.17) is 16.6 Å². The van der Waals surface area contributed by atoms with Crippen molar-refractivity contribution < 1.29 is 4.79 Å². The second-order valence-corrected chi connectivity index (χ2v) is 9.65. The highest BCUT2D eigenvalue weighted by molar-refractivity contribution is 8.00. The zero-order valence-corrected chi connectivity index (χ0v) is 20.6. The van der Waals surface area contributed by atoms with E-state index in [9.17, 15) is 9.59 Å². The lowest BCUT2D eigenvalue weighted by Crippen LogP contribution is -2.27. The number of aryl methyl sites for hydroxylation is 3. The van der Waals surface area contributed by atoms with E-state index in [0.29, 0.717) is 26.8 Å². The molecule has 2 heterocycles. The van der Waals surface area contributed by atoms with Crippen LogP contribution in [0.1, 0.15) is 23.9 Å². The van der Waals surface area contributed by atoms with E-state index in [2.05, 4.69) is 10.4 Å². The van der Waals surface area contributed by atoms with Gasteiger partial charge in [-0.1, -0.05) is 41.6 Å². The number of halogens is 1. The molecule has 4 aromatic rings. The molecule has 1 unspecified atom stereocenters. The van der Waals surface area contributed by atoms with Crippen LogP contribution in [0.3, 0.4) is 0 Å². The number of amides is 1. The van der Waals surface area contributed by atoms with Crippen LogP contribution < -0.4 is 10.9 Å². The maximum Gasteiger partial charge on any atom is 0.266 e. The molecule has 33 heavy (non-hydrogen) atoms. The highest BCUT2D eigenvalue weighted by Crippen LogP contribution is 2.28. The first-order valence-corrected chi connectivity index (χ1v) is 11.7. The van der Waals surface area contributed by atoms with Gasteiger partial charge in [0.15, 0.2) is 5.16 Å². The summed E-state index contributed by atoms with van der Waals surface area (Å²) in [4.78, 5) is 31.3. The minimum Gasteiger partial charge on any atom is -0.322 e. The van der Waals surface area contributed by atoms with Gasteiger partial charge >= 0.3 is 0 Å². The monoisotopic (exact) mass is 481 g/mol. The third kappa shape index (κ3) is 4.41.